The Balaban J connectivity index is 0.000000664. The Morgan fingerprint density at radius 3 is 1.39 bits per heavy atom. The maximum absolute atomic E-state index is 5.69. The second-order valence-corrected chi connectivity index (χ2v) is 6.03. The van der Waals surface area contributed by atoms with Crippen molar-refractivity contribution < 1.29 is 9.47 Å². The van der Waals surface area contributed by atoms with Gasteiger partial charge in [-0.3, -0.25) is 0 Å². The molecular weight excluding hydrogens is 284 g/mol. The normalized spacial score (nSPS) is 11.0. The van der Waals surface area contributed by atoms with Gasteiger partial charge in [-0.25, -0.2) is 0 Å². The summed E-state index contributed by atoms with van der Waals surface area (Å²) < 4.78 is 11.4. The van der Waals surface area contributed by atoms with Gasteiger partial charge in [0, 0.05) is 19.6 Å². The molecule has 1 aromatic carbocycles. The Hall–Kier alpha value is -0.860. The van der Waals surface area contributed by atoms with Gasteiger partial charge >= 0.3 is 0 Å². The van der Waals surface area contributed by atoms with E-state index >= 15 is 0 Å². The zero-order valence-electron chi connectivity index (χ0n) is 15.9. The molecule has 0 saturated carbocycles. The maximum atomic E-state index is 5.69. The molecular formula is C21H38O2. The molecule has 0 saturated heterocycles. The van der Waals surface area contributed by atoms with Gasteiger partial charge in [-0.2, -0.15) is 0 Å². The van der Waals surface area contributed by atoms with E-state index in [0.29, 0.717) is 0 Å². The molecule has 2 nitrogen and oxygen atoms in total. The average Bonchev–Trinajstić information content (AvgIpc) is 2.57. The number of ether oxygens (including phenoxy) is 2. The third-order valence-electron chi connectivity index (χ3n) is 3.80. The van der Waals surface area contributed by atoms with Crippen LogP contribution in [0.5, 0.6) is 0 Å². The molecule has 0 unspecified atom stereocenters. The van der Waals surface area contributed by atoms with Gasteiger partial charge in [0.2, 0.25) is 0 Å². The molecule has 0 amide bonds. The first kappa shape index (κ1) is 22.1. The van der Waals surface area contributed by atoms with Crippen LogP contribution in [0, 0.1) is 0 Å². The highest BCUT2D eigenvalue weighted by atomic mass is 16.7. The molecule has 0 heterocycles. The summed E-state index contributed by atoms with van der Waals surface area (Å²) in [6, 6.07) is 12.0. The Morgan fingerprint density at radius 1 is 0.609 bits per heavy atom. The van der Waals surface area contributed by atoms with E-state index in [1.54, 1.807) is 0 Å². The summed E-state index contributed by atoms with van der Waals surface area (Å²) in [6.07, 6.45) is 10.4. The lowest BCUT2D eigenvalue weighted by Crippen LogP contribution is -2.32. The summed E-state index contributed by atoms with van der Waals surface area (Å²) in [5.41, 5.74) is 0. The van der Waals surface area contributed by atoms with Crippen molar-refractivity contribution in [2.45, 2.75) is 84.8 Å². The fourth-order valence-electron chi connectivity index (χ4n) is 2.58. The molecule has 2 heteroatoms. The van der Waals surface area contributed by atoms with Crippen LogP contribution in [0.4, 0.5) is 0 Å². The van der Waals surface area contributed by atoms with E-state index in [4.69, 9.17) is 9.47 Å². The molecule has 23 heavy (non-hydrogen) atoms. The van der Waals surface area contributed by atoms with Crippen LogP contribution in [0.2, 0.25) is 0 Å². The Bertz CT molecular complexity index is 291. The zero-order chi connectivity index (χ0) is 17.2. The van der Waals surface area contributed by atoms with Crippen LogP contribution in [0.1, 0.15) is 79.1 Å². The fourth-order valence-corrected chi connectivity index (χ4v) is 2.58. The number of benzene rings is 1. The molecule has 0 spiro atoms. The molecule has 0 bridgehead atoms. The number of unbranched alkanes of at least 4 members (excludes halogenated alkanes) is 6. The Labute approximate surface area is 144 Å². The standard InChI is InChI=1S/C15H32O2.C6H6/c1-5-8-9-10-11-12-13-14-15(4,16-6-2)17-7-3;1-2-4-6-5-3-1/h5-14H2,1-4H3;1-6H. The predicted molar refractivity (Wildman–Crippen MR) is 101 cm³/mol. The Morgan fingerprint density at radius 2 is 1.00 bits per heavy atom. The van der Waals surface area contributed by atoms with Crippen LogP contribution < -0.4 is 0 Å². The van der Waals surface area contributed by atoms with E-state index in [-0.39, 0.29) is 5.79 Å². The van der Waals surface area contributed by atoms with Crippen molar-refractivity contribution in [2.75, 3.05) is 13.2 Å². The van der Waals surface area contributed by atoms with Crippen LogP contribution in [0.3, 0.4) is 0 Å². The maximum Gasteiger partial charge on any atom is 0.165 e. The second-order valence-electron chi connectivity index (χ2n) is 6.03. The lowest BCUT2D eigenvalue weighted by Gasteiger charge is -2.29. The lowest BCUT2D eigenvalue weighted by atomic mass is 10.1. The van der Waals surface area contributed by atoms with Gasteiger partial charge in [0.1, 0.15) is 0 Å². The molecule has 0 aliphatic rings. The van der Waals surface area contributed by atoms with Gasteiger partial charge in [0.25, 0.3) is 0 Å². The van der Waals surface area contributed by atoms with Gasteiger partial charge in [0.15, 0.2) is 5.79 Å². The van der Waals surface area contributed by atoms with Crippen LogP contribution in [-0.2, 0) is 9.47 Å². The van der Waals surface area contributed by atoms with Crippen LogP contribution in [0.25, 0.3) is 0 Å². The second kappa shape index (κ2) is 16.0. The van der Waals surface area contributed by atoms with Gasteiger partial charge < -0.3 is 9.47 Å². The van der Waals surface area contributed by atoms with Gasteiger partial charge in [-0.1, -0.05) is 81.8 Å². The smallest absolute Gasteiger partial charge is 0.165 e. The third kappa shape index (κ3) is 14.5. The SMILES string of the molecule is CCCCCCCCCC(C)(OCC)OCC.c1ccccc1. The minimum Gasteiger partial charge on any atom is -0.351 e. The summed E-state index contributed by atoms with van der Waals surface area (Å²) in [5, 5.41) is 0. The molecule has 0 N–H and O–H groups in total. The van der Waals surface area contributed by atoms with Crippen molar-refractivity contribution in [3.8, 4) is 0 Å². The van der Waals surface area contributed by atoms with E-state index in [9.17, 15) is 0 Å². The molecule has 1 aromatic rings. The highest BCUT2D eigenvalue weighted by molar-refractivity contribution is 4.99. The van der Waals surface area contributed by atoms with E-state index < -0.39 is 0 Å². The first-order valence-corrected chi connectivity index (χ1v) is 9.46. The Kier molecular flexibility index (Phi) is 15.4. The fraction of sp³-hybridized carbons (Fsp3) is 0.714. The third-order valence-corrected chi connectivity index (χ3v) is 3.80. The highest BCUT2D eigenvalue weighted by Crippen LogP contribution is 2.21. The molecule has 134 valence electrons. The van der Waals surface area contributed by atoms with Crippen molar-refractivity contribution in [1.82, 2.24) is 0 Å². The van der Waals surface area contributed by atoms with Crippen molar-refractivity contribution in [1.29, 1.82) is 0 Å². The van der Waals surface area contributed by atoms with Crippen molar-refractivity contribution in [3.63, 3.8) is 0 Å². The van der Waals surface area contributed by atoms with Crippen LogP contribution in [-0.4, -0.2) is 19.0 Å². The van der Waals surface area contributed by atoms with Gasteiger partial charge in [-0.15, -0.1) is 0 Å². The van der Waals surface area contributed by atoms with Gasteiger partial charge in [0.05, 0.1) is 0 Å². The van der Waals surface area contributed by atoms with E-state index in [1.165, 1.54) is 44.9 Å². The van der Waals surface area contributed by atoms with Crippen molar-refractivity contribution in [3.05, 3.63) is 36.4 Å². The predicted octanol–water partition coefficient (Wildman–Crippen LogP) is 6.60. The van der Waals surface area contributed by atoms with E-state index in [1.807, 2.05) is 50.2 Å². The molecule has 0 aliphatic carbocycles. The van der Waals surface area contributed by atoms with E-state index in [2.05, 4.69) is 13.8 Å². The molecule has 0 fully saturated rings. The topological polar surface area (TPSA) is 18.5 Å². The summed E-state index contributed by atoms with van der Waals surface area (Å²) in [4.78, 5) is 0. The molecule has 0 radical (unpaired) electrons. The molecule has 0 atom stereocenters. The summed E-state index contributed by atoms with van der Waals surface area (Å²) >= 11 is 0. The quantitative estimate of drug-likeness (QED) is 0.319. The van der Waals surface area contributed by atoms with Crippen molar-refractivity contribution >= 4 is 0 Å². The molecule has 0 aliphatic heterocycles. The summed E-state index contributed by atoms with van der Waals surface area (Å²) in [5.74, 6) is -0.354. The first-order chi connectivity index (χ1) is 11.2. The number of rotatable bonds is 12. The highest BCUT2D eigenvalue weighted by Gasteiger charge is 2.23. The minimum atomic E-state index is -0.354. The monoisotopic (exact) mass is 322 g/mol. The minimum absolute atomic E-state index is 0.354. The largest absolute Gasteiger partial charge is 0.351 e. The number of hydrogen-bond acceptors (Lipinski definition) is 2. The van der Waals surface area contributed by atoms with E-state index in [0.717, 1.165) is 19.6 Å². The van der Waals surface area contributed by atoms with Crippen LogP contribution >= 0.6 is 0 Å². The average molecular weight is 323 g/mol. The summed E-state index contributed by atoms with van der Waals surface area (Å²) in [7, 11) is 0. The van der Waals surface area contributed by atoms with Gasteiger partial charge in [-0.05, 0) is 27.2 Å². The first-order valence-electron chi connectivity index (χ1n) is 9.46. The number of hydrogen-bond donors (Lipinski definition) is 0. The zero-order valence-corrected chi connectivity index (χ0v) is 15.9. The summed E-state index contributed by atoms with van der Waals surface area (Å²) in [6.45, 7) is 9.84. The van der Waals surface area contributed by atoms with Crippen molar-refractivity contribution in [2.24, 2.45) is 0 Å². The molecule has 0 aromatic heterocycles. The molecule has 1 rings (SSSR count). The lowest BCUT2D eigenvalue weighted by molar-refractivity contribution is -0.225. The van der Waals surface area contributed by atoms with Crippen LogP contribution in [0.15, 0.2) is 36.4 Å².